The molecule has 0 fully saturated rings. The van der Waals surface area contributed by atoms with Crippen molar-refractivity contribution in [3.63, 3.8) is 0 Å². The second-order valence-electron chi connectivity index (χ2n) is 5.54. The molecule has 26 heavy (non-hydrogen) atoms. The van der Waals surface area contributed by atoms with Crippen LogP contribution >= 0.6 is 11.3 Å². The number of anilines is 3. The maximum atomic E-state index is 12.1. The Morgan fingerprint density at radius 1 is 1.08 bits per heavy atom. The molecule has 0 bridgehead atoms. The van der Waals surface area contributed by atoms with Crippen molar-refractivity contribution in [2.45, 2.75) is 6.54 Å². The smallest absolute Gasteiger partial charge is 0.325 e. The molecular weight excluding hydrogens is 350 g/mol. The van der Waals surface area contributed by atoms with Crippen molar-refractivity contribution in [1.29, 1.82) is 0 Å². The largest absolute Gasteiger partial charge is 0.497 e. The second kappa shape index (κ2) is 8.30. The number of rotatable bonds is 6. The van der Waals surface area contributed by atoms with Gasteiger partial charge in [0.15, 0.2) is 0 Å². The molecule has 0 unspecified atom stereocenters. The molecule has 2 amide bonds. The molecule has 0 saturated carbocycles. The molecule has 7 nitrogen and oxygen atoms in total. The Hall–Kier alpha value is -3.13. The van der Waals surface area contributed by atoms with Crippen molar-refractivity contribution in [2.24, 2.45) is 0 Å². The highest BCUT2D eigenvalue weighted by Crippen LogP contribution is 2.24. The first-order chi connectivity index (χ1) is 12.6. The van der Waals surface area contributed by atoms with E-state index in [0.717, 1.165) is 10.9 Å². The van der Waals surface area contributed by atoms with E-state index in [0.29, 0.717) is 17.4 Å². The molecule has 1 aromatic heterocycles. The maximum Gasteiger partial charge on any atom is 0.325 e. The van der Waals surface area contributed by atoms with Crippen molar-refractivity contribution in [3.05, 3.63) is 60.2 Å². The van der Waals surface area contributed by atoms with Crippen LogP contribution in [0.3, 0.4) is 0 Å². The van der Waals surface area contributed by atoms with Crippen molar-refractivity contribution in [2.75, 3.05) is 29.7 Å². The average molecular weight is 369 g/mol. The van der Waals surface area contributed by atoms with Crippen molar-refractivity contribution < 1.29 is 9.53 Å². The standard InChI is InChI=1S/C18H19N5O2S/c1-23(12-13-6-4-3-5-7-13)18-22-21-17(26-18)20-16(24)19-14-8-10-15(25-2)11-9-14/h3-11H,12H2,1-2H3,(H2,19,20,21,24). The average Bonchev–Trinajstić information content (AvgIpc) is 3.11. The number of urea groups is 1. The maximum absolute atomic E-state index is 12.1. The van der Waals surface area contributed by atoms with E-state index in [1.807, 2.05) is 30.1 Å². The van der Waals surface area contributed by atoms with Crippen LogP contribution in [0.1, 0.15) is 5.56 Å². The van der Waals surface area contributed by atoms with Gasteiger partial charge in [0.05, 0.1) is 7.11 Å². The molecule has 3 rings (SSSR count). The first kappa shape index (κ1) is 17.7. The Bertz CT molecular complexity index is 852. The third-order valence-corrected chi connectivity index (χ3v) is 4.52. The fourth-order valence-corrected chi connectivity index (χ4v) is 2.98. The molecule has 0 radical (unpaired) electrons. The number of nitrogens with one attached hydrogen (secondary N) is 2. The zero-order chi connectivity index (χ0) is 18.4. The third kappa shape index (κ3) is 4.70. The summed E-state index contributed by atoms with van der Waals surface area (Å²) in [5.74, 6) is 0.728. The SMILES string of the molecule is COc1ccc(NC(=O)Nc2nnc(N(C)Cc3ccccc3)s2)cc1. The van der Waals surface area contributed by atoms with E-state index in [-0.39, 0.29) is 6.03 Å². The Balaban J connectivity index is 1.56. The Kier molecular flexibility index (Phi) is 5.65. The van der Waals surface area contributed by atoms with Crippen LogP contribution in [0.2, 0.25) is 0 Å². The van der Waals surface area contributed by atoms with Crippen LogP contribution in [0, 0.1) is 0 Å². The molecule has 0 aliphatic carbocycles. The van der Waals surface area contributed by atoms with Crippen LogP contribution < -0.4 is 20.3 Å². The van der Waals surface area contributed by atoms with Crippen molar-refractivity contribution in [1.82, 2.24) is 10.2 Å². The lowest BCUT2D eigenvalue weighted by Gasteiger charge is -2.14. The van der Waals surface area contributed by atoms with Gasteiger partial charge in [0.25, 0.3) is 0 Å². The van der Waals surface area contributed by atoms with Crippen LogP contribution in [0.25, 0.3) is 0 Å². The van der Waals surface area contributed by atoms with Gasteiger partial charge in [0, 0.05) is 19.3 Å². The molecule has 0 aliphatic heterocycles. The van der Waals surface area contributed by atoms with E-state index >= 15 is 0 Å². The Morgan fingerprint density at radius 2 is 1.81 bits per heavy atom. The van der Waals surface area contributed by atoms with E-state index in [1.165, 1.54) is 16.9 Å². The lowest BCUT2D eigenvalue weighted by Crippen LogP contribution is -2.19. The van der Waals surface area contributed by atoms with E-state index in [1.54, 1.807) is 31.4 Å². The normalized spacial score (nSPS) is 10.2. The number of hydrogen-bond donors (Lipinski definition) is 2. The van der Waals surface area contributed by atoms with Crippen molar-refractivity contribution >= 4 is 33.3 Å². The zero-order valence-electron chi connectivity index (χ0n) is 14.5. The number of aromatic nitrogens is 2. The van der Waals surface area contributed by atoms with Gasteiger partial charge < -0.3 is 15.0 Å². The van der Waals surface area contributed by atoms with Crippen LogP contribution in [-0.2, 0) is 6.54 Å². The van der Waals surface area contributed by atoms with Crippen LogP contribution in [0.15, 0.2) is 54.6 Å². The Morgan fingerprint density at radius 3 is 2.50 bits per heavy atom. The molecular formula is C18H19N5O2S. The number of carbonyl (C=O) groups is 1. The van der Waals surface area contributed by atoms with Gasteiger partial charge in [-0.05, 0) is 29.8 Å². The van der Waals surface area contributed by atoms with Gasteiger partial charge >= 0.3 is 6.03 Å². The van der Waals surface area contributed by atoms with E-state index in [4.69, 9.17) is 4.74 Å². The summed E-state index contributed by atoms with van der Waals surface area (Å²) in [5, 5.41) is 14.8. The number of hydrogen-bond acceptors (Lipinski definition) is 6. The van der Waals surface area contributed by atoms with Crippen LogP contribution in [0.4, 0.5) is 20.7 Å². The molecule has 1 heterocycles. The molecule has 0 spiro atoms. The first-order valence-corrected chi connectivity index (χ1v) is 8.76. The highest BCUT2D eigenvalue weighted by Gasteiger charge is 2.11. The highest BCUT2D eigenvalue weighted by atomic mass is 32.1. The second-order valence-corrected chi connectivity index (χ2v) is 6.50. The topological polar surface area (TPSA) is 79.4 Å². The summed E-state index contributed by atoms with van der Waals surface area (Å²) in [6.07, 6.45) is 0. The van der Waals surface area contributed by atoms with Crippen LogP contribution in [-0.4, -0.2) is 30.4 Å². The third-order valence-electron chi connectivity index (χ3n) is 3.57. The Labute approximate surface area is 155 Å². The molecule has 134 valence electrons. The highest BCUT2D eigenvalue weighted by molar-refractivity contribution is 7.19. The molecule has 2 N–H and O–H groups in total. The van der Waals surface area contributed by atoms with Gasteiger partial charge in [0.1, 0.15) is 5.75 Å². The fourth-order valence-electron chi connectivity index (χ4n) is 2.28. The number of methoxy groups -OCH3 is 1. The van der Waals surface area contributed by atoms with E-state index in [2.05, 4.69) is 33.0 Å². The lowest BCUT2D eigenvalue weighted by atomic mass is 10.2. The van der Waals surface area contributed by atoms with E-state index in [9.17, 15) is 4.79 Å². The number of carbonyl (C=O) groups excluding carboxylic acids is 1. The number of amides is 2. The molecule has 2 aromatic carbocycles. The summed E-state index contributed by atoms with van der Waals surface area (Å²) in [6.45, 7) is 0.716. The van der Waals surface area contributed by atoms with Gasteiger partial charge in [-0.15, -0.1) is 10.2 Å². The predicted octanol–water partition coefficient (Wildman–Crippen LogP) is 3.83. The first-order valence-electron chi connectivity index (χ1n) is 7.94. The predicted molar refractivity (Wildman–Crippen MR) is 104 cm³/mol. The minimum absolute atomic E-state index is 0.372. The zero-order valence-corrected chi connectivity index (χ0v) is 15.3. The summed E-state index contributed by atoms with van der Waals surface area (Å²) < 4.78 is 5.09. The number of nitrogens with zero attached hydrogens (tertiary/aromatic N) is 3. The summed E-state index contributed by atoms with van der Waals surface area (Å²) in [5.41, 5.74) is 1.84. The number of benzene rings is 2. The van der Waals surface area contributed by atoms with Gasteiger partial charge in [-0.1, -0.05) is 41.7 Å². The number of ether oxygens (including phenoxy) is 1. The van der Waals surface area contributed by atoms with Gasteiger partial charge in [-0.3, -0.25) is 5.32 Å². The summed E-state index contributed by atoms with van der Waals surface area (Å²) >= 11 is 1.32. The summed E-state index contributed by atoms with van der Waals surface area (Å²) in [7, 11) is 3.53. The monoisotopic (exact) mass is 369 g/mol. The van der Waals surface area contributed by atoms with Crippen molar-refractivity contribution in [3.8, 4) is 5.75 Å². The molecule has 0 saturated heterocycles. The van der Waals surface area contributed by atoms with Crippen LogP contribution in [0.5, 0.6) is 5.75 Å². The molecule has 0 atom stereocenters. The van der Waals surface area contributed by atoms with Gasteiger partial charge in [-0.25, -0.2) is 4.79 Å². The van der Waals surface area contributed by atoms with Gasteiger partial charge in [-0.2, -0.15) is 0 Å². The quantitative estimate of drug-likeness (QED) is 0.690. The fraction of sp³-hybridized carbons (Fsp3) is 0.167. The van der Waals surface area contributed by atoms with Gasteiger partial charge in [0.2, 0.25) is 10.3 Å². The molecule has 8 heteroatoms. The summed E-state index contributed by atoms with van der Waals surface area (Å²) in [6, 6.07) is 16.8. The minimum atomic E-state index is -0.372. The summed E-state index contributed by atoms with van der Waals surface area (Å²) in [4.78, 5) is 14.1. The molecule has 3 aromatic rings. The van der Waals surface area contributed by atoms with E-state index < -0.39 is 0 Å². The molecule has 0 aliphatic rings. The lowest BCUT2D eigenvalue weighted by molar-refractivity contribution is 0.262. The minimum Gasteiger partial charge on any atom is -0.497 e.